The Hall–Kier alpha value is -3.65. The van der Waals surface area contributed by atoms with E-state index in [4.69, 9.17) is 0 Å². The van der Waals surface area contributed by atoms with Gasteiger partial charge in [-0.05, 0) is 66.5 Å². The van der Waals surface area contributed by atoms with Crippen molar-refractivity contribution >= 4 is 5.91 Å². The first-order chi connectivity index (χ1) is 18.5. The maximum atomic E-state index is 12.3. The van der Waals surface area contributed by atoms with Crippen molar-refractivity contribution in [3.05, 3.63) is 132 Å². The number of nitrogens with zero attached hydrogens (tertiary/aromatic N) is 1. The van der Waals surface area contributed by atoms with Gasteiger partial charge in [0.05, 0.1) is 6.04 Å². The van der Waals surface area contributed by atoms with E-state index in [9.17, 15) is 4.79 Å². The summed E-state index contributed by atoms with van der Waals surface area (Å²) in [5.41, 5.74) is 8.81. The molecule has 1 aliphatic carbocycles. The zero-order chi connectivity index (χ0) is 27.1. The lowest BCUT2D eigenvalue weighted by Crippen LogP contribution is -2.36. The molecule has 1 unspecified atom stereocenters. The number of benzene rings is 3. The molecule has 1 amide bonds. The molecule has 0 spiro atoms. The lowest BCUT2D eigenvalue weighted by molar-refractivity contribution is 0.0722. The highest BCUT2D eigenvalue weighted by atomic mass is 16.2. The first-order valence-corrected chi connectivity index (χ1v) is 14.0. The molecule has 3 aromatic rings. The molecule has 2 heteroatoms. The van der Waals surface area contributed by atoms with Crippen LogP contribution in [0.15, 0.2) is 110 Å². The molecule has 3 aromatic carbocycles. The fraction of sp³-hybridized carbons (Fsp3) is 0.306. The van der Waals surface area contributed by atoms with Gasteiger partial charge in [0.2, 0.25) is 0 Å². The normalized spacial score (nSPS) is 15.3. The topological polar surface area (TPSA) is 20.3 Å². The Morgan fingerprint density at radius 1 is 0.895 bits per heavy atom. The monoisotopic (exact) mass is 503 g/mol. The molecule has 0 saturated heterocycles. The highest BCUT2D eigenvalue weighted by Crippen LogP contribution is 2.52. The molecule has 0 fully saturated rings. The molecule has 1 atom stereocenters. The van der Waals surface area contributed by atoms with E-state index in [1.165, 1.54) is 22.3 Å². The Morgan fingerprint density at radius 2 is 1.47 bits per heavy atom. The number of hydrogen-bond donors (Lipinski definition) is 0. The highest BCUT2D eigenvalue weighted by molar-refractivity contribution is 5.98. The van der Waals surface area contributed by atoms with Crippen LogP contribution in [0.1, 0.15) is 79.9 Å². The molecule has 5 rings (SSSR count). The van der Waals surface area contributed by atoms with Crippen molar-refractivity contribution in [2.45, 2.75) is 70.9 Å². The summed E-state index contributed by atoms with van der Waals surface area (Å²) in [6.45, 7) is 15.1. The van der Waals surface area contributed by atoms with E-state index in [2.05, 4.69) is 93.8 Å². The smallest absolute Gasteiger partial charge is 0.255 e. The van der Waals surface area contributed by atoms with Crippen LogP contribution in [0.5, 0.6) is 0 Å². The Labute approximate surface area is 229 Å². The lowest BCUT2D eigenvalue weighted by atomic mass is 9.73. The first kappa shape index (κ1) is 27.4. The van der Waals surface area contributed by atoms with Crippen LogP contribution in [0, 0.1) is 0 Å². The number of amides is 1. The molecule has 2 aliphatic rings. The Kier molecular flexibility index (Phi) is 8.84. The molecule has 0 saturated carbocycles. The number of carbonyl (C=O) groups excluding carboxylic acids is 1. The van der Waals surface area contributed by atoms with Crippen molar-refractivity contribution in [3.63, 3.8) is 0 Å². The molecule has 0 aromatic heterocycles. The van der Waals surface area contributed by atoms with Crippen LogP contribution >= 0.6 is 0 Å². The summed E-state index contributed by atoms with van der Waals surface area (Å²) in [4.78, 5) is 14.3. The van der Waals surface area contributed by atoms with Gasteiger partial charge in [0.25, 0.3) is 5.91 Å². The van der Waals surface area contributed by atoms with E-state index in [0.717, 1.165) is 55.3 Å². The fourth-order valence-corrected chi connectivity index (χ4v) is 6.11. The second kappa shape index (κ2) is 12.3. The van der Waals surface area contributed by atoms with Gasteiger partial charge in [-0.2, -0.15) is 0 Å². The summed E-state index contributed by atoms with van der Waals surface area (Å²) >= 11 is 0. The van der Waals surface area contributed by atoms with E-state index < -0.39 is 0 Å². The average Bonchev–Trinajstić information content (AvgIpc) is 3.41. The predicted octanol–water partition coefficient (Wildman–Crippen LogP) is 9.27. The van der Waals surface area contributed by atoms with Gasteiger partial charge >= 0.3 is 0 Å². The number of fused-ring (bicyclic) bond motifs is 4. The van der Waals surface area contributed by atoms with Crippen LogP contribution in [0.4, 0.5) is 0 Å². The molecule has 0 radical (unpaired) electrons. The predicted molar refractivity (Wildman–Crippen MR) is 161 cm³/mol. The number of allylic oxidation sites excluding steroid dienone is 3. The van der Waals surface area contributed by atoms with Crippen molar-refractivity contribution in [3.8, 4) is 11.1 Å². The standard InChI is InChI=1S/C21H22.C15H19NO/c1-3-5-10-16-21(15-4-2)19-13-8-6-11-17(19)18-12-7-9-14-20(18)21;1-4-7-14(11(2)3)16-10-12-8-5-6-9-13(12)15(16)17/h4-14H,2-3,15-16H2,1H3;5-6,8-9,14H,2,4,7,10H2,1,3H3/b10-5-;. The first-order valence-electron chi connectivity index (χ1n) is 14.0. The van der Waals surface area contributed by atoms with Crippen LogP contribution in [0.2, 0.25) is 0 Å². The minimum atomic E-state index is 0.0562. The van der Waals surface area contributed by atoms with E-state index in [0.29, 0.717) is 0 Å². The molecule has 38 heavy (non-hydrogen) atoms. The average molecular weight is 504 g/mol. The third-order valence-corrected chi connectivity index (χ3v) is 7.89. The Morgan fingerprint density at radius 3 is 2.00 bits per heavy atom. The summed E-state index contributed by atoms with van der Waals surface area (Å²) in [7, 11) is 0. The zero-order valence-electron chi connectivity index (χ0n) is 23.2. The minimum Gasteiger partial charge on any atom is -0.328 e. The largest absolute Gasteiger partial charge is 0.328 e. The summed E-state index contributed by atoms with van der Waals surface area (Å²) < 4.78 is 0. The maximum absolute atomic E-state index is 12.3. The summed E-state index contributed by atoms with van der Waals surface area (Å²) in [6.07, 6.45) is 11.9. The third-order valence-electron chi connectivity index (χ3n) is 7.89. The Balaban J connectivity index is 0.000000181. The lowest BCUT2D eigenvalue weighted by Gasteiger charge is -2.30. The molecule has 2 nitrogen and oxygen atoms in total. The minimum absolute atomic E-state index is 0.0562. The van der Waals surface area contributed by atoms with Gasteiger partial charge in [-0.3, -0.25) is 4.79 Å². The summed E-state index contributed by atoms with van der Waals surface area (Å²) in [5.74, 6) is 0.155. The fourth-order valence-electron chi connectivity index (χ4n) is 6.11. The van der Waals surface area contributed by atoms with Gasteiger partial charge in [-0.15, -0.1) is 6.58 Å². The molecular weight excluding hydrogens is 462 g/mol. The van der Waals surface area contributed by atoms with Crippen LogP contribution in [-0.4, -0.2) is 16.8 Å². The van der Waals surface area contributed by atoms with Crippen LogP contribution < -0.4 is 0 Å². The number of carbonyl (C=O) groups is 1. The van der Waals surface area contributed by atoms with Gasteiger partial charge in [-0.1, -0.05) is 117 Å². The van der Waals surface area contributed by atoms with Crippen molar-refractivity contribution in [2.75, 3.05) is 0 Å². The van der Waals surface area contributed by atoms with Crippen LogP contribution in [0.25, 0.3) is 11.1 Å². The number of rotatable bonds is 9. The van der Waals surface area contributed by atoms with Crippen LogP contribution in [0.3, 0.4) is 0 Å². The Bertz CT molecular complexity index is 1280. The molecular formula is C36H41NO. The summed E-state index contributed by atoms with van der Waals surface area (Å²) in [5, 5.41) is 0. The SMILES string of the molecule is C=C(C)C(CCC)N1Cc2ccccc2C1=O.C=CCC1(C/C=C\CC)c2ccccc2-c2ccccc21. The van der Waals surface area contributed by atoms with E-state index in [1.807, 2.05) is 36.1 Å². The molecule has 0 bridgehead atoms. The van der Waals surface area contributed by atoms with E-state index >= 15 is 0 Å². The van der Waals surface area contributed by atoms with Gasteiger partial charge in [0.15, 0.2) is 0 Å². The summed E-state index contributed by atoms with van der Waals surface area (Å²) in [6, 6.07) is 25.7. The molecule has 1 aliphatic heterocycles. The maximum Gasteiger partial charge on any atom is 0.255 e. The molecule has 196 valence electrons. The van der Waals surface area contributed by atoms with Gasteiger partial charge in [0, 0.05) is 17.5 Å². The van der Waals surface area contributed by atoms with E-state index in [-0.39, 0.29) is 17.4 Å². The van der Waals surface area contributed by atoms with Crippen LogP contribution in [-0.2, 0) is 12.0 Å². The second-order valence-electron chi connectivity index (χ2n) is 10.5. The highest BCUT2D eigenvalue weighted by Gasteiger charge is 2.40. The quantitative estimate of drug-likeness (QED) is 0.266. The van der Waals surface area contributed by atoms with Gasteiger partial charge in [-0.25, -0.2) is 0 Å². The number of hydrogen-bond acceptors (Lipinski definition) is 1. The molecule has 0 N–H and O–H groups in total. The molecule has 1 heterocycles. The van der Waals surface area contributed by atoms with Crippen molar-refractivity contribution in [1.29, 1.82) is 0 Å². The van der Waals surface area contributed by atoms with Gasteiger partial charge < -0.3 is 4.90 Å². The van der Waals surface area contributed by atoms with Crippen molar-refractivity contribution in [1.82, 2.24) is 4.90 Å². The third kappa shape index (κ3) is 5.18. The zero-order valence-corrected chi connectivity index (χ0v) is 23.2. The van der Waals surface area contributed by atoms with E-state index in [1.54, 1.807) is 0 Å². The second-order valence-corrected chi connectivity index (χ2v) is 10.5. The van der Waals surface area contributed by atoms with Crippen molar-refractivity contribution in [2.24, 2.45) is 0 Å². The van der Waals surface area contributed by atoms with Crippen molar-refractivity contribution < 1.29 is 4.79 Å². The van der Waals surface area contributed by atoms with Gasteiger partial charge in [0.1, 0.15) is 0 Å².